The fraction of sp³-hybridized carbons (Fsp3) is 0.500. The highest BCUT2D eigenvalue weighted by molar-refractivity contribution is 5.83. The zero-order valence-corrected chi connectivity index (χ0v) is 12.6. The molecule has 0 aromatic heterocycles. The number of carbonyl (C=O) groups excluding carboxylic acids is 2. The minimum atomic E-state index is -0.610. The van der Waals surface area contributed by atoms with Gasteiger partial charge >= 0.3 is 5.97 Å². The van der Waals surface area contributed by atoms with E-state index in [0.717, 1.165) is 6.42 Å². The van der Waals surface area contributed by atoms with Gasteiger partial charge in [-0.2, -0.15) is 0 Å². The molecule has 0 saturated carbocycles. The molecule has 5 nitrogen and oxygen atoms in total. The van der Waals surface area contributed by atoms with Gasteiger partial charge in [0.05, 0.1) is 13.7 Å². The first-order chi connectivity index (χ1) is 10.1. The zero-order valence-electron chi connectivity index (χ0n) is 12.6. The molecule has 5 heteroatoms. The highest BCUT2D eigenvalue weighted by atomic mass is 16.5. The smallest absolute Gasteiger partial charge is 0.328 e. The third kappa shape index (κ3) is 7.46. The largest absolute Gasteiger partial charge is 0.467 e. The lowest BCUT2D eigenvalue weighted by molar-refractivity contribution is -0.144. The second-order valence-electron chi connectivity index (χ2n) is 4.76. The van der Waals surface area contributed by atoms with Crippen LogP contribution in [0.5, 0.6) is 0 Å². The molecule has 0 aliphatic heterocycles. The molecule has 0 unspecified atom stereocenters. The van der Waals surface area contributed by atoms with Crippen molar-refractivity contribution < 1.29 is 19.1 Å². The highest BCUT2D eigenvalue weighted by Gasteiger charge is 2.15. The molecule has 116 valence electrons. The van der Waals surface area contributed by atoms with Crippen LogP contribution in [0.2, 0.25) is 0 Å². The Hall–Kier alpha value is -1.88. The number of hydrogen-bond donors (Lipinski definition) is 1. The first-order valence-corrected chi connectivity index (χ1v) is 7.12. The molecular formula is C16H23NO4. The monoisotopic (exact) mass is 293 g/mol. The van der Waals surface area contributed by atoms with Crippen LogP contribution in [0.3, 0.4) is 0 Å². The summed E-state index contributed by atoms with van der Waals surface area (Å²) in [6.07, 6.45) is 1.84. The molecule has 0 fully saturated rings. The van der Waals surface area contributed by atoms with Gasteiger partial charge in [-0.1, -0.05) is 30.3 Å². The van der Waals surface area contributed by atoms with Crippen molar-refractivity contribution in [1.82, 2.24) is 5.32 Å². The summed E-state index contributed by atoms with van der Waals surface area (Å²) in [5.41, 5.74) is 1.24. The van der Waals surface area contributed by atoms with Gasteiger partial charge in [-0.05, 0) is 25.3 Å². The highest BCUT2D eigenvalue weighted by Crippen LogP contribution is 2.00. The third-order valence-electron chi connectivity index (χ3n) is 3.00. The lowest BCUT2D eigenvalue weighted by Gasteiger charge is -2.11. The number of amides is 1. The Bertz CT molecular complexity index is 433. The predicted molar refractivity (Wildman–Crippen MR) is 79.8 cm³/mol. The van der Waals surface area contributed by atoms with Gasteiger partial charge in [0.15, 0.2) is 0 Å². The summed E-state index contributed by atoms with van der Waals surface area (Å²) >= 11 is 0. The molecule has 1 rings (SSSR count). The lowest BCUT2D eigenvalue weighted by Crippen LogP contribution is -2.39. The fourth-order valence-electron chi connectivity index (χ4n) is 1.82. The summed E-state index contributed by atoms with van der Waals surface area (Å²) in [4.78, 5) is 22.7. The fourth-order valence-corrected chi connectivity index (χ4v) is 1.82. The third-order valence-corrected chi connectivity index (χ3v) is 3.00. The van der Waals surface area contributed by atoms with Crippen LogP contribution in [0.15, 0.2) is 30.3 Å². The van der Waals surface area contributed by atoms with Gasteiger partial charge in [0.25, 0.3) is 0 Å². The molecule has 1 aromatic rings. The predicted octanol–water partition coefficient (Wildman–Crippen LogP) is 1.70. The van der Waals surface area contributed by atoms with Crippen molar-refractivity contribution >= 4 is 11.9 Å². The quantitative estimate of drug-likeness (QED) is 0.556. The van der Waals surface area contributed by atoms with Crippen LogP contribution < -0.4 is 5.32 Å². The van der Waals surface area contributed by atoms with E-state index in [1.807, 2.05) is 18.2 Å². The molecule has 1 amide bonds. The average molecular weight is 293 g/mol. The van der Waals surface area contributed by atoms with Crippen molar-refractivity contribution in [1.29, 1.82) is 0 Å². The summed E-state index contributed by atoms with van der Waals surface area (Å²) in [6.45, 7) is 2.77. The standard InChI is InChI=1S/C16H23NO4/c1-13(16(19)20-2)17-15(18)9-6-11-21-12-10-14-7-4-3-5-8-14/h3-5,7-8,13H,6,9-12H2,1-2H3,(H,17,18)/t13-/m0/s1. The van der Waals surface area contributed by atoms with Gasteiger partial charge < -0.3 is 14.8 Å². The first kappa shape index (κ1) is 17.2. The number of benzene rings is 1. The summed E-state index contributed by atoms with van der Waals surface area (Å²) < 4.78 is 10.0. The van der Waals surface area contributed by atoms with Crippen molar-refractivity contribution in [2.24, 2.45) is 0 Å². The number of nitrogens with one attached hydrogen (secondary N) is 1. The summed E-state index contributed by atoms with van der Waals surface area (Å²) in [7, 11) is 1.30. The van der Waals surface area contributed by atoms with Crippen LogP contribution in [0, 0.1) is 0 Å². The maximum Gasteiger partial charge on any atom is 0.328 e. The first-order valence-electron chi connectivity index (χ1n) is 7.12. The topological polar surface area (TPSA) is 64.6 Å². The van der Waals surface area contributed by atoms with E-state index in [0.29, 0.717) is 26.1 Å². The van der Waals surface area contributed by atoms with Gasteiger partial charge in [-0.15, -0.1) is 0 Å². The van der Waals surface area contributed by atoms with Crippen molar-refractivity contribution in [3.8, 4) is 0 Å². The second kappa shape index (κ2) is 9.94. The maximum absolute atomic E-state index is 11.6. The Morgan fingerprint density at radius 1 is 1.19 bits per heavy atom. The molecule has 1 atom stereocenters. The molecule has 21 heavy (non-hydrogen) atoms. The Morgan fingerprint density at radius 2 is 1.90 bits per heavy atom. The number of methoxy groups -OCH3 is 1. The Morgan fingerprint density at radius 3 is 2.57 bits per heavy atom. The van der Waals surface area contributed by atoms with Crippen molar-refractivity contribution in [2.75, 3.05) is 20.3 Å². The van der Waals surface area contributed by atoms with Crippen LogP contribution in [0.25, 0.3) is 0 Å². The van der Waals surface area contributed by atoms with E-state index in [9.17, 15) is 9.59 Å². The normalized spacial score (nSPS) is 11.7. The van der Waals surface area contributed by atoms with E-state index in [2.05, 4.69) is 22.2 Å². The average Bonchev–Trinajstić information content (AvgIpc) is 2.50. The molecule has 0 spiro atoms. The Labute approximate surface area is 125 Å². The molecule has 0 saturated heterocycles. The van der Waals surface area contributed by atoms with Gasteiger partial charge in [0, 0.05) is 13.0 Å². The van der Waals surface area contributed by atoms with Crippen LogP contribution in [-0.4, -0.2) is 38.2 Å². The van der Waals surface area contributed by atoms with Crippen LogP contribution >= 0.6 is 0 Å². The van der Waals surface area contributed by atoms with Gasteiger partial charge in [0.2, 0.25) is 5.91 Å². The molecule has 0 bridgehead atoms. The maximum atomic E-state index is 11.6. The SMILES string of the molecule is COC(=O)[C@H](C)NC(=O)CCCOCCc1ccccc1. The Kier molecular flexibility index (Phi) is 8.12. The number of hydrogen-bond acceptors (Lipinski definition) is 4. The van der Waals surface area contributed by atoms with Crippen LogP contribution in [-0.2, 0) is 25.5 Å². The number of rotatable bonds is 9. The summed E-state index contributed by atoms with van der Waals surface area (Å²) in [6, 6.07) is 9.50. The van der Waals surface area contributed by atoms with Crippen LogP contribution in [0.1, 0.15) is 25.3 Å². The van der Waals surface area contributed by atoms with Gasteiger partial charge in [-0.3, -0.25) is 4.79 Å². The van der Waals surface area contributed by atoms with Gasteiger partial charge in [0.1, 0.15) is 6.04 Å². The molecular weight excluding hydrogens is 270 g/mol. The molecule has 0 radical (unpaired) electrons. The van der Waals surface area contributed by atoms with Crippen molar-refractivity contribution in [3.05, 3.63) is 35.9 Å². The van der Waals surface area contributed by atoms with E-state index >= 15 is 0 Å². The van der Waals surface area contributed by atoms with E-state index in [1.54, 1.807) is 6.92 Å². The molecule has 0 aliphatic carbocycles. The second-order valence-corrected chi connectivity index (χ2v) is 4.76. The molecule has 0 heterocycles. The number of esters is 1. The van der Waals surface area contributed by atoms with E-state index in [-0.39, 0.29) is 5.91 Å². The van der Waals surface area contributed by atoms with E-state index < -0.39 is 12.0 Å². The van der Waals surface area contributed by atoms with E-state index in [4.69, 9.17) is 4.74 Å². The number of carbonyl (C=O) groups is 2. The molecule has 0 aliphatic rings. The minimum Gasteiger partial charge on any atom is -0.467 e. The summed E-state index contributed by atoms with van der Waals surface area (Å²) in [5, 5.41) is 2.58. The Balaban J connectivity index is 2.03. The lowest BCUT2D eigenvalue weighted by atomic mass is 10.2. The summed E-state index contributed by atoms with van der Waals surface area (Å²) in [5.74, 6) is -0.609. The molecule has 1 N–H and O–H groups in total. The van der Waals surface area contributed by atoms with E-state index in [1.165, 1.54) is 12.7 Å². The number of ether oxygens (including phenoxy) is 2. The van der Waals surface area contributed by atoms with Crippen LogP contribution in [0.4, 0.5) is 0 Å². The van der Waals surface area contributed by atoms with Crippen molar-refractivity contribution in [3.63, 3.8) is 0 Å². The molecule has 1 aromatic carbocycles. The minimum absolute atomic E-state index is 0.167. The van der Waals surface area contributed by atoms with Crippen molar-refractivity contribution in [2.45, 2.75) is 32.2 Å². The van der Waals surface area contributed by atoms with Gasteiger partial charge in [-0.25, -0.2) is 4.79 Å². The zero-order chi connectivity index (χ0) is 15.5.